The monoisotopic (exact) mass is 239 g/mol. The van der Waals surface area contributed by atoms with Gasteiger partial charge in [0.15, 0.2) is 0 Å². The Bertz CT molecular complexity index is 583. The molecule has 0 atom stereocenters. The second-order valence-electron chi connectivity index (χ2n) is 3.01. The highest BCUT2D eigenvalue weighted by Gasteiger charge is 2.08. The molecule has 0 saturated carbocycles. The minimum absolute atomic E-state index is 0.392. The van der Waals surface area contributed by atoms with Gasteiger partial charge in [-0.3, -0.25) is 9.78 Å². The number of nitrogens with zero attached hydrogens (tertiary/aromatic N) is 2. The maximum absolute atomic E-state index is 12.8. The molecule has 0 bridgehead atoms. The van der Waals surface area contributed by atoms with Crippen LogP contribution in [0.4, 0.5) is 9.18 Å². The van der Waals surface area contributed by atoms with Crippen LogP contribution in [0.15, 0.2) is 32.9 Å². The number of aromatic nitrogens is 2. The topological polar surface area (TPSA) is 84.3 Å². The fraction of sp³-hybridized carbons (Fsp3) is 0.200. The van der Waals surface area contributed by atoms with Crippen molar-refractivity contribution in [2.45, 2.75) is 13.3 Å². The molecule has 90 valence electrons. The largest absolute Gasteiger partial charge is 0.355 e. The number of rotatable bonds is 2. The molecule has 0 aliphatic heterocycles. The van der Waals surface area contributed by atoms with Crippen molar-refractivity contribution in [2.75, 3.05) is 0 Å². The number of halogens is 1. The molecule has 7 heteroatoms. The van der Waals surface area contributed by atoms with Crippen molar-refractivity contribution >= 4 is 12.2 Å². The molecule has 1 amide bonds. The number of aliphatic imine (C=N–C) groups is 1. The maximum atomic E-state index is 12.8. The van der Waals surface area contributed by atoms with E-state index in [1.165, 1.54) is 6.21 Å². The van der Waals surface area contributed by atoms with E-state index in [-0.39, 0.29) is 0 Å². The standard InChI is InChI=1S/C10H10FN3O3/c1-2-3-4-5-12-9(16)14-6-7(11)8(15)13-10(14)17/h2-3,5-6H,4H2,1H3,(H,13,15,17). The van der Waals surface area contributed by atoms with E-state index in [1.54, 1.807) is 24.1 Å². The molecule has 0 unspecified atom stereocenters. The summed E-state index contributed by atoms with van der Waals surface area (Å²) in [5, 5.41) is 0. The number of hydrogen-bond acceptors (Lipinski definition) is 3. The van der Waals surface area contributed by atoms with Crippen LogP contribution in [0.3, 0.4) is 0 Å². The zero-order chi connectivity index (χ0) is 12.8. The molecule has 0 fully saturated rings. The SMILES string of the molecule is CC=CCC=NC(=O)n1cc(F)c(=O)[nH]c1=O. The van der Waals surface area contributed by atoms with Gasteiger partial charge in [-0.1, -0.05) is 12.2 Å². The first kappa shape index (κ1) is 12.8. The summed E-state index contributed by atoms with van der Waals surface area (Å²) in [6.07, 6.45) is 5.71. The van der Waals surface area contributed by atoms with E-state index in [1.807, 2.05) is 0 Å². The van der Waals surface area contributed by atoms with Crippen molar-refractivity contribution in [1.29, 1.82) is 0 Å². The normalized spacial score (nSPS) is 11.4. The van der Waals surface area contributed by atoms with Crippen molar-refractivity contribution in [3.05, 3.63) is 45.0 Å². The predicted octanol–water partition coefficient (Wildman–Crippen LogP) is 0.681. The molecule has 1 rings (SSSR count). The Morgan fingerprint density at radius 3 is 2.94 bits per heavy atom. The molecule has 0 spiro atoms. The van der Waals surface area contributed by atoms with Gasteiger partial charge in [0.25, 0.3) is 5.56 Å². The number of amides is 1. The van der Waals surface area contributed by atoms with Crippen LogP contribution in [-0.2, 0) is 0 Å². The molecule has 0 aromatic carbocycles. The molecule has 6 nitrogen and oxygen atoms in total. The Labute approximate surface area is 95.1 Å². The van der Waals surface area contributed by atoms with Crippen LogP contribution in [0.1, 0.15) is 13.3 Å². The van der Waals surface area contributed by atoms with Crippen LogP contribution in [0.25, 0.3) is 0 Å². The van der Waals surface area contributed by atoms with E-state index in [0.29, 0.717) is 17.2 Å². The van der Waals surface area contributed by atoms with Gasteiger partial charge in [-0.25, -0.2) is 19.1 Å². The summed E-state index contributed by atoms with van der Waals surface area (Å²) in [5.41, 5.74) is -2.19. The zero-order valence-electron chi connectivity index (χ0n) is 9.01. The number of carbonyl (C=O) groups excluding carboxylic acids is 1. The summed E-state index contributed by atoms with van der Waals surface area (Å²) >= 11 is 0. The van der Waals surface area contributed by atoms with Gasteiger partial charge in [0.1, 0.15) is 0 Å². The highest BCUT2D eigenvalue weighted by atomic mass is 19.1. The molecule has 0 saturated heterocycles. The number of hydrogen-bond donors (Lipinski definition) is 1. The Morgan fingerprint density at radius 1 is 1.59 bits per heavy atom. The van der Waals surface area contributed by atoms with Gasteiger partial charge in [0.2, 0.25) is 5.82 Å². The third kappa shape index (κ3) is 3.33. The van der Waals surface area contributed by atoms with Gasteiger partial charge in [0, 0.05) is 12.6 Å². The van der Waals surface area contributed by atoms with E-state index < -0.39 is 23.1 Å². The lowest BCUT2D eigenvalue weighted by Crippen LogP contribution is -2.34. The van der Waals surface area contributed by atoms with Crippen molar-refractivity contribution in [3.8, 4) is 0 Å². The van der Waals surface area contributed by atoms with E-state index >= 15 is 0 Å². The average Bonchev–Trinajstić information content (AvgIpc) is 2.29. The Balaban J connectivity index is 2.97. The third-order valence-electron chi connectivity index (χ3n) is 1.78. The van der Waals surface area contributed by atoms with Crippen LogP contribution in [-0.4, -0.2) is 21.8 Å². The van der Waals surface area contributed by atoms with E-state index in [4.69, 9.17) is 0 Å². The van der Waals surface area contributed by atoms with Crippen molar-refractivity contribution in [1.82, 2.24) is 9.55 Å². The molecular formula is C10H10FN3O3. The summed E-state index contributed by atoms with van der Waals surface area (Å²) in [7, 11) is 0. The summed E-state index contributed by atoms with van der Waals surface area (Å²) in [5.74, 6) is -1.22. The fourth-order valence-corrected chi connectivity index (χ4v) is 0.980. The van der Waals surface area contributed by atoms with E-state index in [0.717, 1.165) is 0 Å². The van der Waals surface area contributed by atoms with Gasteiger partial charge in [-0.15, -0.1) is 0 Å². The van der Waals surface area contributed by atoms with E-state index in [9.17, 15) is 18.8 Å². The number of H-pyrrole nitrogens is 1. The quantitative estimate of drug-likeness (QED) is 0.608. The fourth-order valence-electron chi connectivity index (χ4n) is 0.980. The smallest absolute Gasteiger partial charge is 0.271 e. The lowest BCUT2D eigenvalue weighted by molar-refractivity contribution is 0.249. The molecule has 0 aliphatic rings. The second kappa shape index (κ2) is 5.69. The van der Waals surface area contributed by atoms with Crippen molar-refractivity contribution in [3.63, 3.8) is 0 Å². The molecule has 0 radical (unpaired) electrons. The number of allylic oxidation sites excluding steroid dienone is 2. The van der Waals surface area contributed by atoms with Gasteiger partial charge in [0.05, 0.1) is 6.20 Å². The summed E-state index contributed by atoms with van der Waals surface area (Å²) in [6, 6.07) is -0.963. The molecule has 0 aliphatic carbocycles. The van der Waals surface area contributed by atoms with Gasteiger partial charge in [-0.2, -0.15) is 4.39 Å². The average molecular weight is 239 g/mol. The van der Waals surface area contributed by atoms with Crippen LogP contribution < -0.4 is 11.2 Å². The molecule has 1 N–H and O–H groups in total. The second-order valence-corrected chi connectivity index (χ2v) is 3.01. The minimum atomic E-state index is -1.22. The molecule has 1 aromatic heterocycles. The molecule has 1 aromatic rings. The van der Waals surface area contributed by atoms with Gasteiger partial charge >= 0.3 is 11.7 Å². The first-order valence-electron chi connectivity index (χ1n) is 4.75. The highest BCUT2D eigenvalue weighted by Crippen LogP contribution is 1.87. The third-order valence-corrected chi connectivity index (χ3v) is 1.78. The zero-order valence-corrected chi connectivity index (χ0v) is 9.01. The van der Waals surface area contributed by atoms with E-state index in [2.05, 4.69) is 4.99 Å². The number of nitrogens with one attached hydrogen (secondary N) is 1. The first-order chi connectivity index (χ1) is 8.06. The van der Waals surface area contributed by atoms with Gasteiger partial charge < -0.3 is 0 Å². The van der Waals surface area contributed by atoms with Crippen molar-refractivity contribution in [2.24, 2.45) is 4.99 Å². The Hall–Kier alpha value is -2.31. The molecular weight excluding hydrogens is 229 g/mol. The van der Waals surface area contributed by atoms with Crippen LogP contribution in [0.2, 0.25) is 0 Å². The van der Waals surface area contributed by atoms with Crippen molar-refractivity contribution < 1.29 is 9.18 Å². The highest BCUT2D eigenvalue weighted by molar-refractivity contribution is 5.85. The van der Waals surface area contributed by atoms with Crippen LogP contribution in [0, 0.1) is 5.82 Å². The molecule has 1 heterocycles. The number of carbonyl (C=O) groups is 1. The predicted molar refractivity (Wildman–Crippen MR) is 60.0 cm³/mol. The summed E-state index contributed by atoms with van der Waals surface area (Å²) in [6.45, 7) is 1.80. The number of aromatic amines is 1. The van der Waals surface area contributed by atoms with Crippen LogP contribution >= 0.6 is 0 Å². The van der Waals surface area contributed by atoms with Gasteiger partial charge in [-0.05, 0) is 6.92 Å². The minimum Gasteiger partial charge on any atom is -0.271 e. The lowest BCUT2D eigenvalue weighted by atomic mass is 10.4. The lowest BCUT2D eigenvalue weighted by Gasteiger charge is -1.97. The van der Waals surface area contributed by atoms with Crippen LogP contribution in [0.5, 0.6) is 0 Å². The first-order valence-corrected chi connectivity index (χ1v) is 4.75. The Kier molecular flexibility index (Phi) is 4.27. The summed E-state index contributed by atoms with van der Waals surface area (Å²) < 4.78 is 13.2. The maximum Gasteiger partial charge on any atom is 0.355 e. The molecule has 17 heavy (non-hydrogen) atoms. The summed E-state index contributed by atoms with van der Waals surface area (Å²) in [4.78, 5) is 38.3. The Morgan fingerprint density at radius 2 is 2.29 bits per heavy atom.